The molecule has 3 heteroatoms. The summed E-state index contributed by atoms with van der Waals surface area (Å²) in [5, 5.41) is 2.90. The van der Waals surface area contributed by atoms with Crippen LogP contribution in [-0.4, -0.2) is 6.67 Å². The molecule has 0 amide bonds. The van der Waals surface area contributed by atoms with Gasteiger partial charge in [-0.15, -0.1) is 0 Å². The summed E-state index contributed by atoms with van der Waals surface area (Å²) in [4.78, 5) is 0. The van der Waals surface area contributed by atoms with E-state index in [9.17, 15) is 0 Å². The average molecular weight is 85.1 g/mol. The Bertz CT molecular complexity index is 60.4. The Morgan fingerprint density at radius 1 is 1.67 bits per heavy atom. The predicted molar refractivity (Wildman–Crippen MR) is 23.4 cm³/mol. The van der Waals surface area contributed by atoms with Crippen molar-refractivity contribution < 1.29 is 0 Å². The standard InChI is InChI=1S/C3H7N3/c1-3-4-2-5-6-3/h4-6H,1-2H2. The smallest absolute Gasteiger partial charge is 0.107 e. The molecule has 3 nitrogen and oxygen atoms in total. The fourth-order valence-corrected chi connectivity index (χ4v) is 0.346. The zero-order valence-electron chi connectivity index (χ0n) is 3.41. The Kier molecular flexibility index (Phi) is 0.686. The van der Waals surface area contributed by atoms with Gasteiger partial charge in [-0.1, -0.05) is 6.58 Å². The lowest BCUT2D eigenvalue weighted by Gasteiger charge is -1.87. The van der Waals surface area contributed by atoms with E-state index >= 15 is 0 Å². The fourth-order valence-electron chi connectivity index (χ4n) is 0.346. The van der Waals surface area contributed by atoms with Crippen molar-refractivity contribution in [3.63, 3.8) is 0 Å². The monoisotopic (exact) mass is 85.1 g/mol. The number of hydrazine groups is 1. The first-order valence-electron chi connectivity index (χ1n) is 1.81. The van der Waals surface area contributed by atoms with Crippen molar-refractivity contribution in [2.75, 3.05) is 6.67 Å². The molecule has 6 heavy (non-hydrogen) atoms. The van der Waals surface area contributed by atoms with E-state index in [1.165, 1.54) is 0 Å². The van der Waals surface area contributed by atoms with Crippen LogP contribution in [0, 0.1) is 0 Å². The van der Waals surface area contributed by atoms with Gasteiger partial charge in [-0.2, -0.15) is 0 Å². The molecule has 34 valence electrons. The molecule has 1 aliphatic rings. The van der Waals surface area contributed by atoms with Crippen LogP contribution in [0.3, 0.4) is 0 Å². The summed E-state index contributed by atoms with van der Waals surface area (Å²) in [5.41, 5.74) is 5.58. The molecule has 1 rings (SSSR count). The highest BCUT2D eigenvalue weighted by atomic mass is 15.5. The van der Waals surface area contributed by atoms with Crippen molar-refractivity contribution in [2.24, 2.45) is 0 Å². The summed E-state index contributed by atoms with van der Waals surface area (Å²) in [5.74, 6) is 0.843. The Balaban J connectivity index is 2.37. The number of nitrogens with one attached hydrogen (secondary N) is 3. The molecule has 0 radical (unpaired) electrons. The second-order valence-electron chi connectivity index (χ2n) is 1.13. The third-order valence-electron chi connectivity index (χ3n) is 0.629. The van der Waals surface area contributed by atoms with Crippen LogP contribution in [0.25, 0.3) is 0 Å². The Labute approximate surface area is 36.4 Å². The molecule has 0 atom stereocenters. The second-order valence-corrected chi connectivity index (χ2v) is 1.13. The van der Waals surface area contributed by atoms with Gasteiger partial charge in [0, 0.05) is 0 Å². The van der Waals surface area contributed by atoms with E-state index in [2.05, 4.69) is 22.7 Å². The van der Waals surface area contributed by atoms with E-state index < -0.39 is 0 Å². The molecule has 1 aliphatic heterocycles. The minimum absolute atomic E-state index is 0.777. The molecule has 0 unspecified atom stereocenters. The van der Waals surface area contributed by atoms with Gasteiger partial charge in [0.2, 0.25) is 0 Å². The van der Waals surface area contributed by atoms with Crippen LogP contribution < -0.4 is 16.2 Å². The quantitative estimate of drug-likeness (QED) is 0.357. The topological polar surface area (TPSA) is 36.1 Å². The van der Waals surface area contributed by atoms with Crippen molar-refractivity contribution in [3.8, 4) is 0 Å². The molecule has 1 fully saturated rings. The molecular formula is C3H7N3. The first-order chi connectivity index (χ1) is 2.89. The van der Waals surface area contributed by atoms with E-state index in [1.807, 2.05) is 0 Å². The summed E-state index contributed by atoms with van der Waals surface area (Å²) in [6.45, 7) is 4.35. The third-order valence-corrected chi connectivity index (χ3v) is 0.629. The van der Waals surface area contributed by atoms with Gasteiger partial charge >= 0.3 is 0 Å². The van der Waals surface area contributed by atoms with Crippen molar-refractivity contribution >= 4 is 0 Å². The zero-order valence-corrected chi connectivity index (χ0v) is 3.41. The van der Waals surface area contributed by atoms with E-state index in [4.69, 9.17) is 0 Å². The maximum absolute atomic E-state index is 3.57. The van der Waals surface area contributed by atoms with Crippen molar-refractivity contribution in [1.29, 1.82) is 0 Å². The van der Waals surface area contributed by atoms with Gasteiger partial charge in [-0.3, -0.25) is 0 Å². The Morgan fingerprint density at radius 3 is 2.67 bits per heavy atom. The summed E-state index contributed by atoms with van der Waals surface area (Å²) < 4.78 is 0. The van der Waals surface area contributed by atoms with Gasteiger partial charge in [-0.25, -0.2) is 5.43 Å². The van der Waals surface area contributed by atoms with E-state index in [0.717, 1.165) is 12.5 Å². The minimum Gasteiger partial charge on any atom is -0.357 e. The van der Waals surface area contributed by atoms with E-state index in [1.54, 1.807) is 0 Å². The molecule has 0 aromatic heterocycles. The molecule has 1 heterocycles. The highest BCUT2D eigenvalue weighted by Crippen LogP contribution is 1.74. The lowest BCUT2D eigenvalue weighted by atomic mass is 10.8. The lowest BCUT2D eigenvalue weighted by molar-refractivity contribution is 0.714. The van der Waals surface area contributed by atoms with Gasteiger partial charge in [0.1, 0.15) is 5.82 Å². The first kappa shape index (κ1) is 3.49. The van der Waals surface area contributed by atoms with E-state index in [0.29, 0.717) is 0 Å². The predicted octanol–water partition coefficient (Wildman–Crippen LogP) is -0.888. The third kappa shape index (κ3) is 0.440. The maximum Gasteiger partial charge on any atom is 0.107 e. The molecule has 0 aliphatic carbocycles. The molecule has 0 saturated carbocycles. The van der Waals surface area contributed by atoms with Crippen molar-refractivity contribution in [2.45, 2.75) is 0 Å². The molecule has 0 aromatic rings. The molecule has 0 spiro atoms. The molecular weight excluding hydrogens is 78.1 g/mol. The molecule has 1 saturated heterocycles. The normalized spacial score (nSPS) is 19.7. The summed E-state index contributed by atoms with van der Waals surface area (Å²) in [7, 11) is 0. The zero-order chi connectivity index (χ0) is 4.41. The van der Waals surface area contributed by atoms with Gasteiger partial charge in [-0.05, 0) is 0 Å². The van der Waals surface area contributed by atoms with Gasteiger partial charge in [0.15, 0.2) is 0 Å². The van der Waals surface area contributed by atoms with E-state index in [-0.39, 0.29) is 0 Å². The van der Waals surface area contributed by atoms with Crippen LogP contribution >= 0.6 is 0 Å². The van der Waals surface area contributed by atoms with Gasteiger partial charge in [0.05, 0.1) is 6.67 Å². The SMILES string of the molecule is C=C1NCNN1. The van der Waals surface area contributed by atoms with Crippen LogP contribution in [0.5, 0.6) is 0 Å². The highest BCUT2D eigenvalue weighted by Gasteiger charge is 1.94. The second kappa shape index (κ2) is 1.18. The summed E-state index contributed by atoms with van der Waals surface area (Å²) in [6, 6.07) is 0. The largest absolute Gasteiger partial charge is 0.357 e. The average Bonchev–Trinajstić information content (AvgIpc) is 1.86. The van der Waals surface area contributed by atoms with Crippen molar-refractivity contribution in [3.05, 3.63) is 12.4 Å². The van der Waals surface area contributed by atoms with Crippen LogP contribution in [0.4, 0.5) is 0 Å². The van der Waals surface area contributed by atoms with Crippen molar-refractivity contribution in [1.82, 2.24) is 16.2 Å². The molecule has 0 bridgehead atoms. The molecule has 3 N–H and O–H groups in total. The Morgan fingerprint density at radius 2 is 2.50 bits per heavy atom. The van der Waals surface area contributed by atoms with Crippen LogP contribution in [0.2, 0.25) is 0 Å². The first-order valence-corrected chi connectivity index (χ1v) is 1.81. The van der Waals surface area contributed by atoms with Gasteiger partial charge < -0.3 is 10.7 Å². The summed E-state index contributed by atoms with van der Waals surface area (Å²) >= 11 is 0. The van der Waals surface area contributed by atoms with Crippen LogP contribution in [-0.2, 0) is 0 Å². The number of hydrogen-bond donors (Lipinski definition) is 3. The fraction of sp³-hybridized carbons (Fsp3) is 0.333. The maximum atomic E-state index is 3.57. The molecule has 0 aromatic carbocycles. The number of rotatable bonds is 0. The van der Waals surface area contributed by atoms with Gasteiger partial charge in [0.25, 0.3) is 0 Å². The lowest BCUT2D eigenvalue weighted by Crippen LogP contribution is -2.20. The van der Waals surface area contributed by atoms with Crippen LogP contribution in [0.15, 0.2) is 12.4 Å². The number of hydrogen-bond acceptors (Lipinski definition) is 3. The highest BCUT2D eigenvalue weighted by molar-refractivity contribution is 4.88. The summed E-state index contributed by atoms with van der Waals surface area (Å²) in [6.07, 6.45) is 0. The minimum atomic E-state index is 0.777. The Hall–Kier alpha value is -0.700. The van der Waals surface area contributed by atoms with Crippen LogP contribution in [0.1, 0.15) is 0 Å².